The minimum atomic E-state index is -0.395. The van der Waals surface area contributed by atoms with Gasteiger partial charge >= 0.3 is 5.97 Å². The van der Waals surface area contributed by atoms with Crippen LogP contribution >= 0.6 is 11.3 Å². The van der Waals surface area contributed by atoms with E-state index in [0.717, 1.165) is 24.8 Å². The number of thiophene rings is 1. The quantitative estimate of drug-likeness (QED) is 0.215. The van der Waals surface area contributed by atoms with Crippen LogP contribution in [0.2, 0.25) is 0 Å². The van der Waals surface area contributed by atoms with Gasteiger partial charge in [-0.2, -0.15) is 0 Å². The number of hydrogen-bond donors (Lipinski definition) is 1. The number of amides is 1. The van der Waals surface area contributed by atoms with E-state index < -0.39 is 5.97 Å². The van der Waals surface area contributed by atoms with Crippen LogP contribution in [0, 0.1) is 11.3 Å². The molecule has 1 heterocycles. The molecule has 1 aliphatic carbocycles. The summed E-state index contributed by atoms with van der Waals surface area (Å²) in [6, 6.07) is 10.3. The predicted molar refractivity (Wildman–Crippen MR) is 163 cm³/mol. The number of methoxy groups -OCH3 is 3. The fraction of sp³-hybridized carbons (Fsp3) is 0.406. The molecule has 1 unspecified atom stereocenters. The summed E-state index contributed by atoms with van der Waals surface area (Å²) in [7, 11) is 4.69. The second kappa shape index (κ2) is 12.8. The zero-order chi connectivity index (χ0) is 29.7. The van der Waals surface area contributed by atoms with Crippen LogP contribution in [-0.4, -0.2) is 46.0 Å². The molecule has 1 amide bonds. The maximum absolute atomic E-state index is 13.8. The summed E-state index contributed by atoms with van der Waals surface area (Å²) >= 11 is 1.57. The first-order valence-electron chi connectivity index (χ1n) is 13.7. The normalized spacial score (nSPS) is 14.9. The standard InChI is InChI=1S/C32H38N2O6S/c1-8-40-31(36)19-9-13-22(14-10-19)34-29(35)26-23-15-12-21(32(2,3)4)17-25(23)41-30(26)33-18-20-11-16-24(37-5)28(39-7)27(20)38-6/h9-11,13-14,16,18,21H,8,12,15,17H2,1-7H3,(H,34,35). The first-order chi connectivity index (χ1) is 19.6. The second-order valence-corrected chi connectivity index (χ2v) is 12.0. The third kappa shape index (κ3) is 6.56. The van der Waals surface area contributed by atoms with E-state index in [9.17, 15) is 9.59 Å². The summed E-state index contributed by atoms with van der Waals surface area (Å²) in [4.78, 5) is 31.8. The van der Waals surface area contributed by atoms with Crippen LogP contribution in [0.4, 0.5) is 10.7 Å². The molecular weight excluding hydrogens is 540 g/mol. The highest BCUT2D eigenvalue weighted by molar-refractivity contribution is 7.16. The maximum Gasteiger partial charge on any atom is 0.338 e. The van der Waals surface area contributed by atoms with Gasteiger partial charge in [-0.25, -0.2) is 9.79 Å². The average Bonchev–Trinajstić information content (AvgIpc) is 3.33. The molecule has 1 aromatic heterocycles. The zero-order valence-electron chi connectivity index (χ0n) is 24.8. The highest BCUT2D eigenvalue weighted by Gasteiger charge is 2.33. The van der Waals surface area contributed by atoms with Gasteiger partial charge in [0.2, 0.25) is 5.75 Å². The molecule has 9 heteroatoms. The summed E-state index contributed by atoms with van der Waals surface area (Å²) < 4.78 is 21.6. The molecule has 0 fully saturated rings. The maximum atomic E-state index is 13.8. The van der Waals surface area contributed by atoms with E-state index in [1.807, 2.05) is 6.07 Å². The number of hydrogen-bond acceptors (Lipinski definition) is 8. The van der Waals surface area contributed by atoms with E-state index in [-0.39, 0.29) is 11.3 Å². The van der Waals surface area contributed by atoms with E-state index in [0.29, 0.717) is 57.2 Å². The molecule has 0 saturated carbocycles. The summed E-state index contributed by atoms with van der Waals surface area (Å²) in [5.41, 5.74) is 3.53. The molecule has 3 aromatic rings. The Morgan fingerprint density at radius 3 is 2.34 bits per heavy atom. The number of carbonyl (C=O) groups is 2. The van der Waals surface area contributed by atoms with Crippen LogP contribution in [-0.2, 0) is 17.6 Å². The van der Waals surface area contributed by atoms with Gasteiger partial charge in [0, 0.05) is 22.3 Å². The van der Waals surface area contributed by atoms with Crippen molar-refractivity contribution in [1.82, 2.24) is 0 Å². The molecule has 0 saturated heterocycles. The van der Waals surface area contributed by atoms with Gasteiger partial charge < -0.3 is 24.3 Å². The Morgan fingerprint density at radius 2 is 1.73 bits per heavy atom. The van der Waals surface area contributed by atoms with Gasteiger partial charge in [-0.1, -0.05) is 20.8 Å². The van der Waals surface area contributed by atoms with E-state index in [1.54, 1.807) is 76.1 Å². The third-order valence-corrected chi connectivity index (χ3v) is 8.57. The number of nitrogens with one attached hydrogen (secondary N) is 1. The molecule has 4 rings (SSSR count). The van der Waals surface area contributed by atoms with Crippen molar-refractivity contribution in [3.8, 4) is 17.2 Å². The zero-order valence-corrected chi connectivity index (χ0v) is 25.6. The number of carbonyl (C=O) groups excluding carboxylic acids is 2. The summed E-state index contributed by atoms with van der Waals surface area (Å²) in [5, 5.41) is 3.65. The lowest BCUT2D eigenvalue weighted by Gasteiger charge is -2.33. The Balaban J connectivity index is 1.70. The first-order valence-corrected chi connectivity index (χ1v) is 14.5. The van der Waals surface area contributed by atoms with E-state index in [1.165, 1.54) is 4.88 Å². The second-order valence-electron chi connectivity index (χ2n) is 10.9. The van der Waals surface area contributed by atoms with Crippen molar-refractivity contribution in [2.45, 2.75) is 47.0 Å². The molecule has 8 nitrogen and oxygen atoms in total. The van der Waals surface area contributed by atoms with Gasteiger partial charge in [0.15, 0.2) is 11.5 Å². The molecule has 1 N–H and O–H groups in total. The van der Waals surface area contributed by atoms with Crippen molar-refractivity contribution in [2.24, 2.45) is 16.3 Å². The van der Waals surface area contributed by atoms with Crippen LogP contribution < -0.4 is 19.5 Å². The molecule has 41 heavy (non-hydrogen) atoms. The lowest BCUT2D eigenvalue weighted by molar-refractivity contribution is 0.0526. The Kier molecular flexibility index (Phi) is 9.38. The highest BCUT2D eigenvalue weighted by Crippen LogP contribution is 2.46. The summed E-state index contributed by atoms with van der Waals surface area (Å²) in [6.07, 6.45) is 4.43. The third-order valence-electron chi connectivity index (χ3n) is 7.41. The fourth-order valence-electron chi connectivity index (χ4n) is 5.09. The lowest BCUT2D eigenvalue weighted by atomic mass is 9.72. The summed E-state index contributed by atoms with van der Waals surface area (Å²) in [5.74, 6) is 1.41. The van der Waals surface area contributed by atoms with Crippen molar-refractivity contribution >= 4 is 40.1 Å². The Hall–Kier alpha value is -3.85. The van der Waals surface area contributed by atoms with Gasteiger partial charge in [-0.3, -0.25) is 4.79 Å². The Morgan fingerprint density at radius 1 is 1.02 bits per heavy atom. The highest BCUT2D eigenvalue weighted by atomic mass is 32.1. The minimum absolute atomic E-state index is 0.168. The number of esters is 1. The fourth-order valence-corrected chi connectivity index (χ4v) is 6.36. The largest absolute Gasteiger partial charge is 0.493 e. The molecule has 0 bridgehead atoms. The van der Waals surface area contributed by atoms with Crippen LogP contribution in [0.25, 0.3) is 0 Å². The number of rotatable bonds is 9. The Bertz CT molecular complexity index is 1440. The minimum Gasteiger partial charge on any atom is -0.493 e. The SMILES string of the molecule is CCOC(=O)c1ccc(NC(=O)c2c(N=Cc3ccc(OC)c(OC)c3OC)sc3c2CCC(C(C)(C)C)C3)cc1. The smallest absolute Gasteiger partial charge is 0.338 e. The van der Waals surface area contributed by atoms with Crippen LogP contribution in [0.3, 0.4) is 0 Å². The number of benzene rings is 2. The van der Waals surface area contributed by atoms with E-state index in [4.69, 9.17) is 23.9 Å². The van der Waals surface area contributed by atoms with Crippen LogP contribution in [0.5, 0.6) is 17.2 Å². The van der Waals surface area contributed by atoms with E-state index in [2.05, 4.69) is 26.1 Å². The summed E-state index contributed by atoms with van der Waals surface area (Å²) in [6.45, 7) is 8.87. The van der Waals surface area contributed by atoms with Crippen molar-refractivity contribution < 1.29 is 28.5 Å². The van der Waals surface area contributed by atoms with Gasteiger partial charge in [0.05, 0.1) is 39.1 Å². The lowest BCUT2D eigenvalue weighted by Crippen LogP contribution is -2.27. The van der Waals surface area contributed by atoms with Gasteiger partial charge in [0.1, 0.15) is 5.00 Å². The molecule has 2 aromatic carbocycles. The van der Waals surface area contributed by atoms with Crippen molar-refractivity contribution in [3.05, 3.63) is 63.5 Å². The van der Waals surface area contributed by atoms with E-state index >= 15 is 0 Å². The van der Waals surface area contributed by atoms with Gasteiger partial charge in [-0.15, -0.1) is 11.3 Å². The topological polar surface area (TPSA) is 95.5 Å². The molecule has 0 spiro atoms. The van der Waals surface area contributed by atoms with Crippen LogP contribution in [0.1, 0.15) is 70.8 Å². The number of anilines is 1. The molecule has 0 radical (unpaired) electrons. The molecule has 0 aliphatic heterocycles. The number of nitrogens with zero attached hydrogens (tertiary/aromatic N) is 1. The molecular formula is C32H38N2O6S. The molecule has 1 atom stereocenters. The number of fused-ring (bicyclic) bond motifs is 1. The predicted octanol–water partition coefficient (Wildman–Crippen LogP) is 7.10. The van der Waals surface area contributed by atoms with Gasteiger partial charge in [0.25, 0.3) is 5.91 Å². The van der Waals surface area contributed by atoms with Gasteiger partial charge in [-0.05, 0) is 79.5 Å². The molecule has 218 valence electrons. The average molecular weight is 579 g/mol. The van der Waals surface area contributed by atoms with Crippen molar-refractivity contribution in [2.75, 3.05) is 33.3 Å². The number of ether oxygens (including phenoxy) is 4. The number of aliphatic imine (C=N–C) groups is 1. The monoisotopic (exact) mass is 578 g/mol. The van der Waals surface area contributed by atoms with Crippen molar-refractivity contribution in [3.63, 3.8) is 0 Å². The first kappa shape index (κ1) is 30.1. The van der Waals surface area contributed by atoms with Crippen LogP contribution in [0.15, 0.2) is 41.4 Å². The Labute approximate surface area is 245 Å². The molecule has 1 aliphatic rings. The van der Waals surface area contributed by atoms with Crippen molar-refractivity contribution in [1.29, 1.82) is 0 Å².